The van der Waals surface area contributed by atoms with Crippen LogP contribution in [0.1, 0.15) is 18.4 Å². The molecule has 2 aromatic carbocycles. The van der Waals surface area contributed by atoms with E-state index < -0.39 is 15.9 Å². The summed E-state index contributed by atoms with van der Waals surface area (Å²) in [5.74, 6) is -0.473. The van der Waals surface area contributed by atoms with Crippen molar-refractivity contribution in [3.05, 3.63) is 48.0 Å². The number of fused-ring (bicyclic) bond motifs is 1. The molecule has 176 valence electrons. The first-order chi connectivity index (χ1) is 15.7. The van der Waals surface area contributed by atoms with E-state index in [1.807, 2.05) is 43.3 Å². The molecule has 1 fully saturated rings. The zero-order chi connectivity index (χ0) is 23.6. The molecule has 1 atom stereocenters. The van der Waals surface area contributed by atoms with E-state index in [2.05, 4.69) is 10.6 Å². The van der Waals surface area contributed by atoms with Crippen LogP contribution in [-0.2, 0) is 26.2 Å². The van der Waals surface area contributed by atoms with Crippen LogP contribution in [0.15, 0.2) is 47.4 Å². The number of hydrogen-bond donors (Lipinski definition) is 2. The van der Waals surface area contributed by atoms with Gasteiger partial charge in [-0.2, -0.15) is 4.31 Å². The van der Waals surface area contributed by atoms with Gasteiger partial charge < -0.3 is 20.3 Å². The van der Waals surface area contributed by atoms with Crippen LogP contribution in [0.4, 0.5) is 11.4 Å². The molecule has 2 aliphatic heterocycles. The van der Waals surface area contributed by atoms with Gasteiger partial charge in [0, 0.05) is 39.4 Å². The van der Waals surface area contributed by atoms with Crippen LogP contribution in [-0.4, -0.2) is 58.3 Å². The first-order valence-electron chi connectivity index (χ1n) is 10.8. The molecular formula is C23H28N4O5S. The molecular weight excluding hydrogens is 444 g/mol. The second kappa shape index (κ2) is 9.40. The van der Waals surface area contributed by atoms with Crippen molar-refractivity contribution in [1.82, 2.24) is 9.62 Å². The number of anilines is 2. The molecule has 33 heavy (non-hydrogen) atoms. The zero-order valence-electron chi connectivity index (χ0n) is 18.7. The first kappa shape index (κ1) is 23.1. The molecule has 2 aromatic rings. The fourth-order valence-corrected chi connectivity index (χ4v) is 5.54. The average molecular weight is 473 g/mol. The van der Waals surface area contributed by atoms with Gasteiger partial charge in [0.15, 0.2) is 6.61 Å². The van der Waals surface area contributed by atoms with E-state index in [1.54, 1.807) is 0 Å². The second-order valence-corrected chi connectivity index (χ2v) is 10.4. The third-order valence-electron chi connectivity index (χ3n) is 5.90. The van der Waals surface area contributed by atoms with Crippen molar-refractivity contribution in [2.24, 2.45) is 5.92 Å². The van der Waals surface area contributed by atoms with Crippen molar-refractivity contribution in [1.29, 1.82) is 0 Å². The van der Waals surface area contributed by atoms with E-state index in [0.29, 0.717) is 37.4 Å². The number of nitrogens with zero attached hydrogens (tertiary/aromatic N) is 2. The lowest BCUT2D eigenvalue weighted by molar-refractivity contribution is -0.126. The maximum Gasteiger partial charge on any atom is 0.262 e. The normalized spacial score (nSPS) is 18.6. The minimum Gasteiger partial charge on any atom is -0.482 e. The lowest BCUT2D eigenvalue weighted by Gasteiger charge is -2.31. The highest BCUT2D eigenvalue weighted by Gasteiger charge is 2.34. The fourth-order valence-electron chi connectivity index (χ4n) is 3.99. The third kappa shape index (κ3) is 5.12. The molecule has 0 unspecified atom stereocenters. The minimum atomic E-state index is -3.82. The number of amides is 2. The smallest absolute Gasteiger partial charge is 0.262 e. The van der Waals surface area contributed by atoms with Crippen LogP contribution < -0.4 is 20.3 Å². The van der Waals surface area contributed by atoms with Gasteiger partial charge in [-0.05, 0) is 48.7 Å². The molecule has 2 aliphatic rings. The van der Waals surface area contributed by atoms with Gasteiger partial charge in [-0.3, -0.25) is 9.59 Å². The van der Waals surface area contributed by atoms with Crippen LogP contribution in [0.5, 0.6) is 5.75 Å². The van der Waals surface area contributed by atoms with E-state index in [1.165, 1.54) is 22.5 Å². The Balaban J connectivity index is 1.40. The van der Waals surface area contributed by atoms with Crippen molar-refractivity contribution in [3.63, 3.8) is 0 Å². The Morgan fingerprint density at radius 1 is 1.21 bits per heavy atom. The molecule has 2 amide bonds. The topological polar surface area (TPSA) is 108 Å². The maximum atomic E-state index is 13.2. The molecule has 0 spiro atoms. The molecule has 10 heteroatoms. The molecule has 0 aromatic heterocycles. The van der Waals surface area contributed by atoms with Gasteiger partial charge in [-0.1, -0.05) is 12.1 Å². The molecule has 4 rings (SSSR count). The number of hydrogen-bond acceptors (Lipinski definition) is 6. The van der Waals surface area contributed by atoms with Gasteiger partial charge in [0.25, 0.3) is 5.91 Å². The number of benzene rings is 2. The van der Waals surface area contributed by atoms with Gasteiger partial charge in [0.1, 0.15) is 5.75 Å². The Hall–Kier alpha value is -3.11. The summed E-state index contributed by atoms with van der Waals surface area (Å²) < 4.78 is 33.1. The molecule has 2 heterocycles. The lowest BCUT2D eigenvalue weighted by atomic mass is 9.99. The monoisotopic (exact) mass is 472 g/mol. The van der Waals surface area contributed by atoms with Gasteiger partial charge in [0.05, 0.1) is 16.5 Å². The van der Waals surface area contributed by atoms with E-state index >= 15 is 0 Å². The Labute approximate surface area is 193 Å². The van der Waals surface area contributed by atoms with E-state index in [9.17, 15) is 18.0 Å². The van der Waals surface area contributed by atoms with Crippen LogP contribution in [0, 0.1) is 5.92 Å². The molecule has 2 N–H and O–H groups in total. The third-order valence-corrected chi connectivity index (χ3v) is 7.76. The van der Waals surface area contributed by atoms with Crippen LogP contribution >= 0.6 is 0 Å². The SMILES string of the molecule is CN(C)c1ccc(CNC(=O)[C@@H]2CCCN(S(=O)(=O)c3ccc4c(c3)NC(=O)CO4)C2)cc1. The average Bonchev–Trinajstić information content (AvgIpc) is 2.82. The molecule has 0 radical (unpaired) electrons. The summed E-state index contributed by atoms with van der Waals surface area (Å²) in [5.41, 5.74) is 2.39. The quantitative estimate of drug-likeness (QED) is 0.664. The minimum absolute atomic E-state index is 0.0640. The summed E-state index contributed by atoms with van der Waals surface area (Å²) in [6.07, 6.45) is 1.23. The fraction of sp³-hybridized carbons (Fsp3) is 0.391. The Bertz CT molecular complexity index is 1150. The van der Waals surface area contributed by atoms with Crippen LogP contribution in [0.3, 0.4) is 0 Å². The van der Waals surface area contributed by atoms with Crippen molar-refractivity contribution in [2.45, 2.75) is 24.3 Å². The largest absolute Gasteiger partial charge is 0.482 e. The van der Waals surface area contributed by atoms with Crippen molar-refractivity contribution >= 4 is 33.2 Å². The summed E-state index contributed by atoms with van der Waals surface area (Å²) in [7, 11) is 0.114. The highest BCUT2D eigenvalue weighted by molar-refractivity contribution is 7.89. The Morgan fingerprint density at radius 3 is 2.70 bits per heavy atom. The Kier molecular flexibility index (Phi) is 6.57. The van der Waals surface area contributed by atoms with Gasteiger partial charge in [-0.25, -0.2) is 8.42 Å². The number of rotatable bonds is 6. The highest BCUT2D eigenvalue weighted by atomic mass is 32.2. The number of carbonyl (C=O) groups is 2. The van der Waals surface area contributed by atoms with E-state index in [0.717, 1.165) is 11.3 Å². The molecule has 0 bridgehead atoms. The van der Waals surface area contributed by atoms with Gasteiger partial charge >= 0.3 is 0 Å². The van der Waals surface area contributed by atoms with Crippen LogP contribution in [0.2, 0.25) is 0 Å². The summed E-state index contributed by atoms with van der Waals surface area (Å²) in [4.78, 5) is 26.4. The molecule has 1 saturated heterocycles. The summed E-state index contributed by atoms with van der Waals surface area (Å²) in [6.45, 7) is 0.758. The number of nitrogens with one attached hydrogen (secondary N) is 2. The maximum absolute atomic E-state index is 13.2. The summed E-state index contributed by atoms with van der Waals surface area (Å²) >= 11 is 0. The van der Waals surface area contributed by atoms with Crippen molar-refractivity contribution in [3.8, 4) is 5.75 Å². The highest BCUT2D eigenvalue weighted by Crippen LogP contribution is 2.32. The number of ether oxygens (including phenoxy) is 1. The summed E-state index contributed by atoms with van der Waals surface area (Å²) in [5, 5.41) is 5.57. The van der Waals surface area contributed by atoms with Crippen LogP contribution in [0.25, 0.3) is 0 Å². The number of piperidine rings is 1. The molecule has 0 aliphatic carbocycles. The lowest BCUT2D eigenvalue weighted by Crippen LogP contribution is -2.45. The molecule has 9 nitrogen and oxygen atoms in total. The predicted octanol–water partition coefficient (Wildman–Crippen LogP) is 1.80. The zero-order valence-corrected chi connectivity index (χ0v) is 19.5. The van der Waals surface area contributed by atoms with Crippen molar-refractivity contribution in [2.75, 3.05) is 44.0 Å². The summed E-state index contributed by atoms with van der Waals surface area (Å²) in [6, 6.07) is 12.3. The van der Waals surface area contributed by atoms with Crippen molar-refractivity contribution < 1.29 is 22.7 Å². The Morgan fingerprint density at radius 2 is 1.97 bits per heavy atom. The van der Waals surface area contributed by atoms with Gasteiger partial charge in [-0.15, -0.1) is 0 Å². The van der Waals surface area contributed by atoms with Gasteiger partial charge in [0.2, 0.25) is 15.9 Å². The predicted molar refractivity (Wildman–Crippen MR) is 125 cm³/mol. The first-order valence-corrected chi connectivity index (χ1v) is 12.3. The second-order valence-electron chi connectivity index (χ2n) is 8.48. The van der Waals surface area contributed by atoms with E-state index in [-0.39, 0.29) is 29.9 Å². The standard InChI is InChI=1S/C23H28N4O5S/c1-26(2)18-7-5-16(6-8-18)13-24-23(29)17-4-3-11-27(14-17)33(30,31)19-9-10-21-20(12-19)25-22(28)15-32-21/h5-10,12,17H,3-4,11,13-15H2,1-2H3,(H,24,29)(H,25,28)/t17-/m1/s1. The molecule has 0 saturated carbocycles. The number of carbonyl (C=O) groups excluding carboxylic acids is 2. The van der Waals surface area contributed by atoms with E-state index in [4.69, 9.17) is 4.74 Å². The number of sulfonamides is 1.